The first-order chi connectivity index (χ1) is 10.9. The Hall–Kier alpha value is -2.13. The van der Waals surface area contributed by atoms with Crippen LogP contribution in [0.3, 0.4) is 0 Å². The Morgan fingerprint density at radius 3 is 2.83 bits per heavy atom. The Morgan fingerprint density at radius 1 is 1.57 bits per heavy atom. The van der Waals surface area contributed by atoms with Gasteiger partial charge in [-0.05, 0) is 31.5 Å². The molecule has 2 rings (SSSR count). The van der Waals surface area contributed by atoms with Crippen molar-refractivity contribution >= 4 is 23.4 Å². The molecule has 23 heavy (non-hydrogen) atoms. The van der Waals surface area contributed by atoms with Crippen molar-refractivity contribution in [3.63, 3.8) is 0 Å². The molecule has 1 N–H and O–H groups in total. The van der Waals surface area contributed by atoms with E-state index in [1.165, 1.54) is 12.1 Å². The van der Waals surface area contributed by atoms with Gasteiger partial charge in [0.2, 0.25) is 11.8 Å². The van der Waals surface area contributed by atoms with Gasteiger partial charge in [0, 0.05) is 12.5 Å². The van der Waals surface area contributed by atoms with Crippen molar-refractivity contribution in [2.24, 2.45) is 5.92 Å². The number of nitrogens with one attached hydrogen (secondary N) is 1. The van der Waals surface area contributed by atoms with Gasteiger partial charge in [0.1, 0.15) is 12.4 Å². The molecule has 1 aliphatic rings. The number of hydrogen-bond donors (Lipinski definition) is 1. The SMILES string of the molecule is CC(C)N1C(=O)CC(C(=O)NCC#N)C1c1ccc(Cl)c(F)c1. The van der Waals surface area contributed by atoms with Crippen LogP contribution in [-0.4, -0.2) is 29.3 Å². The second kappa shape index (κ2) is 6.97. The molecule has 0 bridgehead atoms. The van der Waals surface area contributed by atoms with Crippen LogP contribution in [-0.2, 0) is 9.59 Å². The molecule has 1 saturated heterocycles. The first kappa shape index (κ1) is 17.2. The summed E-state index contributed by atoms with van der Waals surface area (Å²) in [6.45, 7) is 3.55. The zero-order valence-electron chi connectivity index (χ0n) is 12.8. The van der Waals surface area contributed by atoms with E-state index in [-0.39, 0.29) is 35.8 Å². The highest BCUT2D eigenvalue weighted by Gasteiger charge is 2.45. The average molecular weight is 338 g/mol. The molecule has 1 heterocycles. The lowest BCUT2D eigenvalue weighted by molar-refractivity contribution is -0.130. The van der Waals surface area contributed by atoms with Gasteiger partial charge < -0.3 is 10.2 Å². The summed E-state index contributed by atoms with van der Waals surface area (Å²) in [7, 11) is 0. The third-order valence-electron chi connectivity index (χ3n) is 3.88. The van der Waals surface area contributed by atoms with Crippen LogP contribution in [0.25, 0.3) is 0 Å². The van der Waals surface area contributed by atoms with Crippen LogP contribution in [0.4, 0.5) is 4.39 Å². The van der Waals surface area contributed by atoms with Gasteiger partial charge in [-0.2, -0.15) is 5.26 Å². The highest BCUT2D eigenvalue weighted by molar-refractivity contribution is 6.30. The molecule has 2 unspecified atom stereocenters. The van der Waals surface area contributed by atoms with Crippen molar-refractivity contribution < 1.29 is 14.0 Å². The normalized spacial score (nSPS) is 20.7. The molecule has 1 aromatic rings. The van der Waals surface area contributed by atoms with Crippen LogP contribution in [0, 0.1) is 23.1 Å². The lowest BCUT2D eigenvalue weighted by atomic mass is 9.92. The molecule has 0 spiro atoms. The number of benzene rings is 1. The molecule has 2 amide bonds. The van der Waals surface area contributed by atoms with Gasteiger partial charge in [0.15, 0.2) is 0 Å². The Bertz CT molecular complexity index is 672. The quantitative estimate of drug-likeness (QED) is 0.857. The van der Waals surface area contributed by atoms with Crippen molar-refractivity contribution in [3.8, 4) is 6.07 Å². The van der Waals surface area contributed by atoms with E-state index in [2.05, 4.69) is 5.32 Å². The van der Waals surface area contributed by atoms with Crippen LogP contribution in [0.15, 0.2) is 18.2 Å². The summed E-state index contributed by atoms with van der Waals surface area (Å²) in [6, 6.07) is 5.41. The van der Waals surface area contributed by atoms with Gasteiger partial charge in [-0.15, -0.1) is 0 Å². The number of nitrogens with zero attached hydrogens (tertiary/aromatic N) is 2. The van der Waals surface area contributed by atoms with E-state index in [0.29, 0.717) is 5.56 Å². The summed E-state index contributed by atoms with van der Waals surface area (Å²) in [5, 5.41) is 11.1. The van der Waals surface area contributed by atoms with Crippen molar-refractivity contribution in [2.75, 3.05) is 6.54 Å². The van der Waals surface area contributed by atoms with Crippen LogP contribution in [0.5, 0.6) is 0 Å². The Labute approximate surface area is 139 Å². The number of amides is 2. The maximum atomic E-state index is 13.8. The van der Waals surface area contributed by atoms with Gasteiger partial charge in [-0.3, -0.25) is 9.59 Å². The molecular formula is C16H17ClFN3O2. The molecule has 1 fully saturated rings. The number of halogens is 2. The van der Waals surface area contributed by atoms with E-state index in [1.807, 2.05) is 19.9 Å². The van der Waals surface area contributed by atoms with Crippen LogP contribution in [0.2, 0.25) is 5.02 Å². The second-order valence-electron chi connectivity index (χ2n) is 5.70. The predicted molar refractivity (Wildman–Crippen MR) is 82.9 cm³/mol. The monoisotopic (exact) mass is 337 g/mol. The second-order valence-corrected chi connectivity index (χ2v) is 6.11. The number of carbonyl (C=O) groups excluding carboxylic acids is 2. The highest BCUT2D eigenvalue weighted by atomic mass is 35.5. The van der Waals surface area contributed by atoms with E-state index in [1.54, 1.807) is 11.0 Å². The molecule has 1 aromatic carbocycles. The Balaban J connectivity index is 2.41. The van der Waals surface area contributed by atoms with E-state index in [4.69, 9.17) is 16.9 Å². The number of hydrogen-bond acceptors (Lipinski definition) is 3. The van der Waals surface area contributed by atoms with Crippen LogP contribution in [0.1, 0.15) is 31.9 Å². The molecule has 5 nitrogen and oxygen atoms in total. The van der Waals surface area contributed by atoms with Crippen LogP contribution < -0.4 is 5.32 Å². The summed E-state index contributed by atoms with van der Waals surface area (Å²) >= 11 is 5.71. The van der Waals surface area contributed by atoms with Crippen LogP contribution >= 0.6 is 11.6 Å². The van der Waals surface area contributed by atoms with E-state index < -0.39 is 17.8 Å². The fraction of sp³-hybridized carbons (Fsp3) is 0.438. The topological polar surface area (TPSA) is 73.2 Å². The minimum atomic E-state index is -0.668. The summed E-state index contributed by atoms with van der Waals surface area (Å²) < 4.78 is 13.8. The van der Waals surface area contributed by atoms with Gasteiger partial charge >= 0.3 is 0 Å². The lowest BCUT2D eigenvalue weighted by Gasteiger charge is -2.31. The minimum absolute atomic E-state index is 0.0142. The van der Waals surface area contributed by atoms with Crippen molar-refractivity contribution in [2.45, 2.75) is 32.4 Å². The molecule has 0 radical (unpaired) electrons. The summed E-state index contributed by atoms with van der Waals surface area (Å²) in [5.41, 5.74) is 0.517. The maximum absolute atomic E-state index is 13.8. The first-order valence-corrected chi connectivity index (χ1v) is 7.65. The van der Waals surface area contributed by atoms with Gasteiger partial charge in [-0.25, -0.2) is 4.39 Å². The number of likely N-dealkylation sites (tertiary alicyclic amines) is 1. The van der Waals surface area contributed by atoms with Crippen molar-refractivity contribution in [1.29, 1.82) is 5.26 Å². The third kappa shape index (κ3) is 3.45. The summed E-state index contributed by atoms with van der Waals surface area (Å²) in [6.07, 6.45) is 0.0321. The standard InChI is InChI=1S/C16H17ClFN3O2/c1-9(2)21-14(22)8-11(16(23)20-6-5-19)15(21)10-3-4-12(17)13(18)7-10/h3-4,7,9,11,15H,6,8H2,1-2H3,(H,20,23). The molecule has 0 saturated carbocycles. The summed E-state index contributed by atoms with van der Waals surface area (Å²) in [5.74, 6) is -1.82. The molecular weight excluding hydrogens is 321 g/mol. The first-order valence-electron chi connectivity index (χ1n) is 7.27. The number of carbonyl (C=O) groups is 2. The fourth-order valence-corrected chi connectivity index (χ4v) is 3.06. The predicted octanol–water partition coefficient (Wildman–Crippen LogP) is 2.42. The van der Waals surface area contributed by atoms with E-state index in [0.717, 1.165) is 0 Å². The van der Waals surface area contributed by atoms with Crippen molar-refractivity contribution in [3.05, 3.63) is 34.6 Å². The van der Waals surface area contributed by atoms with Gasteiger partial charge in [0.05, 0.1) is 23.1 Å². The molecule has 1 aliphatic heterocycles. The minimum Gasteiger partial charge on any atom is -0.343 e. The largest absolute Gasteiger partial charge is 0.343 e. The number of rotatable bonds is 4. The number of nitriles is 1. The zero-order valence-corrected chi connectivity index (χ0v) is 13.6. The molecule has 2 atom stereocenters. The van der Waals surface area contributed by atoms with E-state index >= 15 is 0 Å². The Morgan fingerprint density at radius 2 is 2.26 bits per heavy atom. The van der Waals surface area contributed by atoms with Gasteiger partial charge in [-0.1, -0.05) is 17.7 Å². The Kier molecular flexibility index (Phi) is 5.22. The maximum Gasteiger partial charge on any atom is 0.226 e. The summed E-state index contributed by atoms with van der Waals surface area (Å²) in [4.78, 5) is 26.2. The van der Waals surface area contributed by atoms with Gasteiger partial charge in [0.25, 0.3) is 0 Å². The highest BCUT2D eigenvalue weighted by Crippen LogP contribution is 2.40. The zero-order chi connectivity index (χ0) is 17.1. The molecule has 0 aliphatic carbocycles. The molecule has 122 valence electrons. The average Bonchev–Trinajstić information content (AvgIpc) is 2.85. The van der Waals surface area contributed by atoms with E-state index in [9.17, 15) is 14.0 Å². The van der Waals surface area contributed by atoms with Crippen molar-refractivity contribution in [1.82, 2.24) is 10.2 Å². The smallest absolute Gasteiger partial charge is 0.226 e. The fourth-order valence-electron chi connectivity index (χ4n) is 2.95. The molecule has 0 aromatic heterocycles. The lowest BCUT2D eigenvalue weighted by Crippen LogP contribution is -2.38. The molecule has 7 heteroatoms. The third-order valence-corrected chi connectivity index (χ3v) is 4.19.